The molecule has 1 N–H and O–H groups in total. The van der Waals surface area contributed by atoms with Gasteiger partial charge in [-0.15, -0.1) is 0 Å². The quantitative estimate of drug-likeness (QED) is 0.803. The molecule has 15 heavy (non-hydrogen) atoms. The van der Waals surface area contributed by atoms with E-state index in [0.717, 1.165) is 18.8 Å². The Morgan fingerprint density at radius 2 is 2.40 bits per heavy atom. The zero-order chi connectivity index (χ0) is 10.7. The molecular formula is C12H17FN2. The summed E-state index contributed by atoms with van der Waals surface area (Å²) in [7, 11) is 0. The minimum absolute atomic E-state index is 0.258. The third-order valence-corrected chi connectivity index (χ3v) is 2.91. The first kappa shape index (κ1) is 10.4. The van der Waals surface area contributed by atoms with Crippen LogP contribution in [0.1, 0.15) is 32.6 Å². The fourth-order valence-corrected chi connectivity index (χ4v) is 1.77. The van der Waals surface area contributed by atoms with Gasteiger partial charge in [0.25, 0.3) is 0 Å². The maximum absolute atomic E-state index is 13.3. The van der Waals surface area contributed by atoms with Crippen molar-refractivity contribution in [1.29, 1.82) is 0 Å². The van der Waals surface area contributed by atoms with Crippen LogP contribution in [-0.2, 0) is 0 Å². The molecule has 0 bridgehead atoms. The average Bonchev–Trinajstić information content (AvgIpc) is 3.04. The van der Waals surface area contributed by atoms with Gasteiger partial charge in [-0.3, -0.25) is 0 Å². The second kappa shape index (κ2) is 4.60. The summed E-state index contributed by atoms with van der Waals surface area (Å²) in [6, 6.07) is 3.42. The van der Waals surface area contributed by atoms with Crippen molar-refractivity contribution in [2.75, 3.05) is 5.32 Å². The fraction of sp³-hybridized carbons (Fsp3) is 0.583. The number of nitrogens with zero attached hydrogens (tertiary/aromatic N) is 1. The van der Waals surface area contributed by atoms with E-state index in [1.54, 1.807) is 12.3 Å². The molecule has 0 spiro atoms. The van der Waals surface area contributed by atoms with Gasteiger partial charge >= 0.3 is 0 Å². The highest BCUT2D eigenvalue weighted by atomic mass is 19.1. The van der Waals surface area contributed by atoms with Gasteiger partial charge in [-0.2, -0.15) is 0 Å². The highest BCUT2D eigenvalue weighted by Crippen LogP contribution is 2.34. The van der Waals surface area contributed by atoms with E-state index in [2.05, 4.69) is 17.2 Å². The molecule has 1 heterocycles. The van der Waals surface area contributed by atoms with Gasteiger partial charge in [-0.1, -0.05) is 19.8 Å². The molecule has 0 aromatic carbocycles. The zero-order valence-electron chi connectivity index (χ0n) is 9.04. The number of anilines is 1. The highest BCUT2D eigenvalue weighted by molar-refractivity contribution is 5.36. The Hall–Kier alpha value is -1.12. The molecule has 1 aromatic rings. The number of halogens is 1. The van der Waals surface area contributed by atoms with Crippen LogP contribution in [-0.4, -0.2) is 11.0 Å². The molecule has 2 nitrogen and oxygen atoms in total. The maximum Gasteiger partial charge on any atom is 0.165 e. The molecule has 1 atom stereocenters. The molecule has 1 aromatic heterocycles. The lowest BCUT2D eigenvalue weighted by Gasteiger charge is -2.17. The van der Waals surface area contributed by atoms with Crippen molar-refractivity contribution in [3.05, 3.63) is 24.1 Å². The van der Waals surface area contributed by atoms with Gasteiger partial charge in [0.15, 0.2) is 11.6 Å². The van der Waals surface area contributed by atoms with Gasteiger partial charge in [0, 0.05) is 12.2 Å². The Balaban J connectivity index is 1.95. The van der Waals surface area contributed by atoms with Crippen LogP contribution in [0.25, 0.3) is 0 Å². The predicted octanol–water partition coefficient (Wildman–Crippen LogP) is 3.21. The Morgan fingerprint density at radius 3 is 3.00 bits per heavy atom. The molecule has 2 rings (SSSR count). The summed E-state index contributed by atoms with van der Waals surface area (Å²) in [5, 5.41) is 3.18. The normalized spacial score (nSPS) is 17.5. The molecule has 1 saturated carbocycles. The lowest BCUT2D eigenvalue weighted by molar-refractivity contribution is 0.571. The SMILES string of the molecule is CCC(CC1CC1)Nc1ncccc1F. The number of rotatable bonds is 5. The standard InChI is InChI=1S/C12H17FN2/c1-2-10(8-9-5-6-9)15-12-11(13)4-3-7-14-12/h3-4,7,9-10H,2,5-6,8H2,1H3,(H,14,15). The van der Waals surface area contributed by atoms with Crippen molar-refractivity contribution in [1.82, 2.24) is 4.98 Å². The van der Waals surface area contributed by atoms with Crippen LogP contribution in [0.3, 0.4) is 0 Å². The molecule has 0 radical (unpaired) electrons. The Bertz CT molecular complexity index is 323. The smallest absolute Gasteiger partial charge is 0.165 e. The van der Waals surface area contributed by atoms with E-state index < -0.39 is 0 Å². The number of hydrogen-bond donors (Lipinski definition) is 1. The molecule has 1 aliphatic rings. The number of pyridine rings is 1. The summed E-state index contributed by atoms with van der Waals surface area (Å²) in [4.78, 5) is 4.01. The minimum Gasteiger partial charge on any atom is -0.365 e. The van der Waals surface area contributed by atoms with E-state index in [0.29, 0.717) is 11.9 Å². The van der Waals surface area contributed by atoms with Crippen molar-refractivity contribution in [2.24, 2.45) is 5.92 Å². The summed E-state index contributed by atoms with van der Waals surface area (Å²) >= 11 is 0. The summed E-state index contributed by atoms with van der Waals surface area (Å²) in [5.41, 5.74) is 0. The minimum atomic E-state index is -0.258. The fourth-order valence-electron chi connectivity index (χ4n) is 1.77. The van der Waals surface area contributed by atoms with Crippen molar-refractivity contribution in [3.8, 4) is 0 Å². The van der Waals surface area contributed by atoms with Crippen LogP contribution in [0, 0.1) is 11.7 Å². The van der Waals surface area contributed by atoms with Crippen LogP contribution in [0.15, 0.2) is 18.3 Å². The average molecular weight is 208 g/mol. The van der Waals surface area contributed by atoms with Gasteiger partial charge in [0.05, 0.1) is 0 Å². The molecule has 82 valence electrons. The third-order valence-electron chi connectivity index (χ3n) is 2.91. The van der Waals surface area contributed by atoms with Crippen molar-refractivity contribution < 1.29 is 4.39 Å². The van der Waals surface area contributed by atoms with Gasteiger partial charge < -0.3 is 5.32 Å². The predicted molar refractivity (Wildman–Crippen MR) is 59.2 cm³/mol. The molecule has 0 saturated heterocycles. The van der Waals surface area contributed by atoms with E-state index in [-0.39, 0.29) is 5.82 Å². The summed E-state index contributed by atoms with van der Waals surface area (Å²) < 4.78 is 13.3. The van der Waals surface area contributed by atoms with Gasteiger partial charge in [0.1, 0.15) is 0 Å². The first-order valence-electron chi connectivity index (χ1n) is 5.66. The molecular weight excluding hydrogens is 191 g/mol. The van der Waals surface area contributed by atoms with Crippen molar-refractivity contribution in [3.63, 3.8) is 0 Å². The lowest BCUT2D eigenvalue weighted by atomic mass is 10.1. The number of nitrogens with one attached hydrogen (secondary N) is 1. The lowest BCUT2D eigenvalue weighted by Crippen LogP contribution is -2.20. The topological polar surface area (TPSA) is 24.9 Å². The van der Waals surface area contributed by atoms with E-state index >= 15 is 0 Å². The Kier molecular flexibility index (Phi) is 3.19. The van der Waals surface area contributed by atoms with Crippen molar-refractivity contribution >= 4 is 5.82 Å². The van der Waals surface area contributed by atoms with E-state index in [4.69, 9.17) is 0 Å². The summed E-state index contributed by atoms with van der Waals surface area (Å²) in [6.07, 6.45) is 6.46. The van der Waals surface area contributed by atoms with E-state index in [1.165, 1.54) is 18.9 Å². The van der Waals surface area contributed by atoms with Crippen LogP contribution in [0.2, 0.25) is 0 Å². The van der Waals surface area contributed by atoms with E-state index in [9.17, 15) is 4.39 Å². The maximum atomic E-state index is 13.3. The zero-order valence-corrected chi connectivity index (χ0v) is 9.04. The number of aromatic nitrogens is 1. The second-order valence-electron chi connectivity index (χ2n) is 4.26. The first-order chi connectivity index (χ1) is 7.29. The van der Waals surface area contributed by atoms with Crippen LogP contribution >= 0.6 is 0 Å². The molecule has 0 amide bonds. The molecule has 1 fully saturated rings. The van der Waals surface area contributed by atoms with Crippen molar-refractivity contribution in [2.45, 2.75) is 38.6 Å². The van der Waals surface area contributed by atoms with Crippen LogP contribution in [0.5, 0.6) is 0 Å². The molecule has 0 aliphatic heterocycles. The van der Waals surface area contributed by atoms with Gasteiger partial charge in [-0.25, -0.2) is 9.37 Å². The molecule has 3 heteroatoms. The Labute approximate surface area is 89.9 Å². The second-order valence-corrected chi connectivity index (χ2v) is 4.26. The monoisotopic (exact) mass is 208 g/mol. The largest absolute Gasteiger partial charge is 0.365 e. The molecule has 1 aliphatic carbocycles. The highest BCUT2D eigenvalue weighted by Gasteiger charge is 2.25. The van der Waals surface area contributed by atoms with Crippen LogP contribution in [0.4, 0.5) is 10.2 Å². The summed E-state index contributed by atoms with van der Waals surface area (Å²) in [6.45, 7) is 2.13. The van der Waals surface area contributed by atoms with Gasteiger partial charge in [-0.05, 0) is 30.9 Å². The first-order valence-corrected chi connectivity index (χ1v) is 5.66. The molecule has 1 unspecified atom stereocenters. The third kappa shape index (κ3) is 2.91. The Morgan fingerprint density at radius 1 is 1.60 bits per heavy atom. The van der Waals surface area contributed by atoms with Crippen LogP contribution < -0.4 is 5.32 Å². The van der Waals surface area contributed by atoms with Gasteiger partial charge in [0.2, 0.25) is 0 Å². The summed E-state index contributed by atoms with van der Waals surface area (Å²) in [5.74, 6) is 0.992. The van der Waals surface area contributed by atoms with E-state index in [1.807, 2.05) is 0 Å². The number of hydrogen-bond acceptors (Lipinski definition) is 2.